The summed E-state index contributed by atoms with van der Waals surface area (Å²) in [6, 6.07) is 8.50. The van der Waals surface area contributed by atoms with Gasteiger partial charge in [-0.25, -0.2) is 24.5 Å². The highest BCUT2D eigenvalue weighted by molar-refractivity contribution is 7.84. The molecule has 184 valence electrons. The molecule has 1 aliphatic carbocycles. The van der Waals surface area contributed by atoms with E-state index in [1.54, 1.807) is 43.6 Å². The molecule has 5 rings (SSSR count). The summed E-state index contributed by atoms with van der Waals surface area (Å²) in [5, 5.41) is 26.6. The zero-order valence-electron chi connectivity index (χ0n) is 18.6. The van der Waals surface area contributed by atoms with Gasteiger partial charge in [-0.2, -0.15) is 8.42 Å². The summed E-state index contributed by atoms with van der Waals surface area (Å²) in [5.41, 5.74) is 1.90. The third-order valence-electron chi connectivity index (χ3n) is 6.42. The van der Waals surface area contributed by atoms with Crippen LogP contribution in [0.2, 0.25) is 0 Å². The van der Waals surface area contributed by atoms with Gasteiger partial charge in [-0.15, -0.1) is 0 Å². The summed E-state index contributed by atoms with van der Waals surface area (Å²) >= 11 is 0. The van der Waals surface area contributed by atoms with Crippen molar-refractivity contribution in [3.05, 3.63) is 42.9 Å². The van der Waals surface area contributed by atoms with Crippen LogP contribution in [0.3, 0.4) is 0 Å². The van der Waals surface area contributed by atoms with Gasteiger partial charge < -0.3 is 19.5 Å². The van der Waals surface area contributed by atoms with Gasteiger partial charge in [0, 0.05) is 28.9 Å². The number of rotatable bonds is 6. The Bertz CT molecular complexity index is 1540. The summed E-state index contributed by atoms with van der Waals surface area (Å²) in [6.07, 6.45) is 2.07. The molecule has 12 nitrogen and oxygen atoms in total. The second kappa shape index (κ2) is 8.61. The van der Waals surface area contributed by atoms with Gasteiger partial charge in [-0.05, 0) is 43.2 Å². The molecule has 1 saturated carbocycles. The molecule has 3 heterocycles. The Morgan fingerprint density at radius 1 is 1.23 bits per heavy atom. The van der Waals surface area contributed by atoms with Crippen LogP contribution in [0.4, 0.5) is 4.79 Å². The number of hydrogen-bond donors (Lipinski definition) is 3. The molecule has 4 aromatic rings. The summed E-state index contributed by atoms with van der Waals surface area (Å²) in [4.78, 5) is 21.0. The summed E-state index contributed by atoms with van der Waals surface area (Å²) in [6.45, 7) is -0.210. The number of carbonyl (C=O) groups is 1. The van der Waals surface area contributed by atoms with E-state index in [1.165, 1.54) is 10.9 Å². The molecule has 0 bridgehead atoms. The second-order valence-electron chi connectivity index (χ2n) is 8.48. The molecule has 0 aliphatic heterocycles. The van der Waals surface area contributed by atoms with Gasteiger partial charge in [0.2, 0.25) is 0 Å². The van der Waals surface area contributed by atoms with E-state index in [4.69, 9.17) is 9.88 Å². The predicted octanol–water partition coefficient (Wildman–Crippen LogP) is 2.12. The molecule has 0 amide bonds. The molecule has 4 N–H and O–H groups in total. The van der Waals surface area contributed by atoms with Crippen LogP contribution in [0.15, 0.2) is 42.9 Å². The van der Waals surface area contributed by atoms with Crippen molar-refractivity contribution in [2.75, 3.05) is 13.7 Å². The minimum Gasteiger partial charge on any atom is -0.497 e. The maximum absolute atomic E-state index is 12.2. The lowest BCUT2D eigenvalue weighted by atomic mass is 10.1. The van der Waals surface area contributed by atoms with E-state index in [-0.39, 0.29) is 12.6 Å². The maximum Gasteiger partial charge on any atom is 0.416 e. The fraction of sp³-hybridized carbons (Fsp3) is 0.318. The zero-order valence-corrected chi connectivity index (χ0v) is 19.4. The van der Waals surface area contributed by atoms with Crippen LogP contribution in [0.5, 0.6) is 5.75 Å². The molecule has 1 aliphatic rings. The van der Waals surface area contributed by atoms with Gasteiger partial charge >= 0.3 is 16.4 Å². The number of hydrogen-bond acceptors (Lipinski definition) is 8. The van der Waals surface area contributed by atoms with Gasteiger partial charge in [-0.3, -0.25) is 4.18 Å². The van der Waals surface area contributed by atoms with Crippen molar-refractivity contribution in [3.63, 3.8) is 0 Å². The first-order chi connectivity index (χ1) is 16.7. The van der Waals surface area contributed by atoms with Crippen LogP contribution in [0.1, 0.15) is 18.9 Å². The van der Waals surface area contributed by atoms with Gasteiger partial charge in [-0.1, -0.05) is 0 Å². The normalized spacial score (nSPS) is 20.6. The van der Waals surface area contributed by atoms with Crippen LogP contribution >= 0.6 is 0 Å². The molecule has 3 atom stereocenters. The number of ether oxygens (including phenoxy) is 1. The number of fused-ring (bicyclic) bond motifs is 2. The Morgan fingerprint density at radius 2 is 2.03 bits per heavy atom. The Labute approximate surface area is 199 Å². The van der Waals surface area contributed by atoms with Gasteiger partial charge in [0.25, 0.3) is 0 Å². The SMILES string of the molecule is COc1ccc2c(c1)cc(-c1ncnc3c1ccn3[C@@H]1C[C@@H](COS(N)(=O)=O)[C@@H](O)C1)n2C(=O)O. The minimum absolute atomic E-state index is 0.172. The quantitative estimate of drug-likeness (QED) is 0.358. The third kappa shape index (κ3) is 4.23. The monoisotopic (exact) mass is 501 g/mol. The number of aliphatic hydroxyl groups is 1. The second-order valence-corrected chi connectivity index (χ2v) is 9.71. The highest BCUT2D eigenvalue weighted by Crippen LogP contribution is 2.39. The van der Waals surface area contributed by atoms with Crippen molar-refractivity contribution in [1.82, 2.24) is 19.1 Å². The standard InChI is InChI=1S/C22H23N5O7S/c1-33-15-2-3-17-12(7-15)8-18(27(17)22(29)30)20-16-4-5-26(21(16)25-11-24-20)14-6-13(19(28)9-14)10-34-35(23,31)32/h2-5,7-8,11,13-14,19,28H,6,9-10H2,1H3,(H,29,30)(H2,23,31,32)/t13-,14+,19-/m0/s1. The van der Waals surface area contributed by atoms with Crippen molar-refractivity contribution < 1.29 is 32.3 Å². The number of aromatic nitrogens is 4. The van der Waals surface area contributed by atoms with Crippen molar-refractivity contribution >= 4 is 38.3 Å². The summed E-state index contributed by atoms with van der Waals surface area (Å²) in [5.74, 6) is 0.188. The van der Waals surface area contributed by atoms with Crippen molar-refractivity contribution in [3.8, 4) is 17.1 Å². The number of carboxylic acid groups (broad SMARTS) is 1. The molecule has 3 aromatic heterocycles. The fourth-order valence-electron chi connectivity index (χ4n) is 4.83. The van der Waals surface area contributed by atoms with E-state index >= 15 is 0 Å². The van der Waals surface area contributed by atoms with Crippen LogP contribution in [0.25, 0.3) is 33.3 Å². The first-order valence-electron chi connectivity index (χ1n) is 10.8. The highest BCUT2D eigenvalue weighted by atomic mass is 32.2. The summed E-state index contributed by atoms with van der Waals surface area (Å²) in [7, 11) is -2.56. The van der Waals surface area contributed by atoms with E-state index in [0.29, 0.717) is 51.9 Å². The molecule has 1 aromatic carbocycles. The lowest BCUT2D eigenvalue weighted by Gasteiger charge is -2.14. The molecule has 35 heavy (non-hydrogen) atoms. The van der Waals surface area contributed by atoms with Gasteiger partial charge in [0.05, 0.1) is 31.0 Å². The lowest BCUT2D eigenvalue weighted by Crippen LogP contribution is -2.24. The summed E-state index contributed by atoms with van der Waals surface area (Å²) < 4.78 is 35.3. The topological polar surface area (TPSA) is 172 Å². The number of methoxy groups -OCH3 is 1. The molecular formula is C22H23N5O7S. The van der Waals surface area contributed by atoms with Crippen molar-refractivity contribution in [2.24, 2.45) is 11.1 Å². The zero-order chi connectivity index (χ0) is 24.9. The average Bonchev–Trinajstić information content (AvgIpc) is 3.50. The average molecular weight is 502 g/mol. The number of nitrogens with two attached hydrogens (primary N) is 1. The van der Waals surface area contributed by atoms with Crippen LogP contribution < -0.4 is 9.88 Å². The van der Waals surface area contributed by atoms with E-state index < -0.39 is 28.4 Å². The Kier molecular flexibility index (Phi) is 5.71. The van der Waals surface area contributed by atoms with Gasteiger partial charge in [0.15, 0.2) is 0 Å². The first kappa shape index (κ1) is 23.2. The minimum atomic E-state index is -4.10. The number of nitrogens with zero attached hydrogens (tertiary/aromatic N) is 4. The van der Waals surface area contributed by atoms with Crippen LogP contribution in [-0.2, 0) is 14.5 Å². The highest BCUT2D eigenvalue weighted by Gasteiger charge is 2.35. The smallest absolute Gasteiger partial charge is 0.416 e. The first-order valence-corrected chi connectivity index (χ1v) is 12.2. The molecule has 0 radical (unpaired) electrons. The molecule has 0 spiro atoms. The van der Waals surface area contributed by atoms with E-state index in [1.807, 2.05) is 4.57 Å². The van der Waals surface area contributed by atoms with Crippen molar-refractivity contribution in [2.45, 2.75) is 25.0 Å². The van der Waals surface area contributed by atoms with Crippen molar-refractivity contribution in [1.29, 1.82) is 0 Å². The maximum atomic E-state index is 12.2. The number of benzene rings is 1. The third-order valence-corrected chi connectivity index (χ3v) is 6.89. The molecular weight excluding hydrogens is 478 g/mol. The van der Waals surface area contributed by atoms with E-state index in [9.17, 15) is 23.4 Å². The molecule has 0 unspecified atom stereocenters. The van der Waals surface area contributed by atoms with E-state index in [2.05, 4.69) is 14.2 Å². The molecule has 13 heteroatoms. The predicted molar refractivity (Wildman–Crippen MR) is 125 cm³/mol. The Hall–Kier alpha value is -3.52. The molecule has 0 saturated heterocycles. The Morgan fingerprint density at radius 3 is 2.74 bits per heavy atom. The van der Waals surface area contributed by atoms with Crippen LogP contribution in [-0.4, -0.2) is 63.6 Å². The molecule has 1 fully saturated rings. The fourth-order valence-corrected chi connectivity index (χ4v) is 5.20. The Balaban J connectivity index is 1.55. The number of aliphatic hydroxyl groups excluding tert-OH is 1. The van der Waals surface area contributed by atoms with Gasteiger partial charge in [0.1, 0.15) is 23.4 Å². The lowest BCUT2D eigenvalue weighted by molar-refractivity contribution is 0.100. The van der Waals surface area contributed by atoms with E-state index in [0.717, 1.165) is 0 Å². The largest absolute Gasteiger partial charge is 0.497 e. The van der Waals surface area contributed by atoms with Crippen LogP contribution in [0, 0.1) is 5.92 Å².